The minimum atomic E-state index is -5.08. The summed E-state index contributed by atoms with van der Waals surface area (Å²) in [6, 6.07) is 15.5. The Morgan fingerprint density at radius 2 is 1.27 bits per heavy atom. The summed E-state index contributed by atoms with van der Waals surface area (Å²) in [7, 11) is 0. The lowest BCUT2D eigenvalue weighted by Gasteiger charge is -2.16. The number of hydrazone groups is 2. The Morgan fingerprint density at radius 1 is 0.805 bits per heavy atom. The second-order valence-electron chi connectivity index (χ2n) is 7.61. The molecule has 2 aromatic carbocycles. The van der Waals surface area contributed by atoms with Crippen molar-refractivity contribution in [2.45, 2.75) is 37.5 Å². The van der Waals surface area contributed by atoms with Gasteiger partial charge in [-0.3, -0.25) is 4.79 Å². The number of benzene rings is 2. The number of carbonyl (C=O) groups is 3. The molecule has 0 heterocycles. The summed E-state index contributed by atoms with van der Waals surface area (Å²) < 4.78 is 63.5. The molecule has 18 heteroatoms. The van der Waals surface area contributed by atoms with Gasteiger partial charge in [-0.1, -0.05) is 24.3 Å². The van der Waals surface area contributed by atoms with E-state index in [2.05, 4.69) is 20.8 Å². The molecule has 12 nitrogen and oxygen atoms in total. The fraction of sp³-hybridized carbons (Fsp3) is 0.261. The molecular weight excluding hydrogens is 570 g/mol. The van der Waals surface area contributed by atoms with Crippen LogP contribution >= 0.6 is 0 Å². The zero-order valence-corrected chi connectivity index (χ0v) is 20.9. The molecule has 1 unspecified atom stereocenters. The van der Waals surface area contributed by atoms with Gasteiger partial charge in [0.2, 0.25) is 0 Å². The van der Waals surface area contributed by atoms with Crippen LogP contribution in [0.3, 0.4) is 0 Å². The molecule has 2 rings (SSSR count). The van der Waals surface area contributed by atoms with Crippen LogP contribution in [0.15, 0.2) is 58.7 Å². The van der Waals surface area contributed by atoms with Crippen molar-refractivity contribution in [1.82, 2.24) is 0 Å². The molecule has 0 aliphatic carbocycles. The van der Waals surface area contributed by atoms with Crippen LogP contribution in [0.4, 0.5) is 37.7 Å². The minimum absolute atomic E-state index is 0.0705. The van der Waals surface area contributed by atoms with E-state index in [-0.39, 0.29) is 12.3 Å². The van der Waals surface area contributed by atoms with Crippen LogP contribution in [-0.4, -0.2) is 58.3 Å². The summed E-state index contributed by atoms with van der Waals surface area (Å²) in [5.74, 6) is 3.73. The zero-order chi connectivity index (χ0) is 31.6. The summed E-state index contributed by atoms with van der Waals surface area (Å²) >= 11 is 0. The maximum Gasteiger partial charge on any atom is 0.490 e. The summed E-state index contributed by atoms with van der Waals surface area (Å²) in [6.45, 7) is 0. The summed E-state index contributed by atoms with van der Waals surface area (Å²) in [4.78, 5) is 29.1. The van der Waals surface area contributed by atoms with Gasteiger partial charge in [0, 0.05) is 11.4 Å². The minimum Gasteiger partial charge on any atom is -0.481 e. The second-order valence-corrected chi connectivity index (χ2v) is 7.61. The van der Waals surface area contributed by atoms with Crippen LogP contribution < -0.4 is 22.3 Å². The molecule has 1 atom stereocenters. The van der Waals surface area contributed by atoms with Crippen molar-refractivity contribution < 1.29 is 56.0 Å². The molecule has 0 spiro atoms. The molecule has 41 heavy (non-hydrogen) atoms. The molecule has 0 aliphatic rings. The number of carboxylic acids is 3. The number of nitrogens with two attached hydrogens (primary N) is 2. The van der Waals surface area contributed by atoms with Crippen molar-refractivity contribution in [1.29, 1.82) is 0 Å². The van der Waals surface area contributed by atoms with Gasteiger partial charge in [-0.15, -0.1) is 0 Å². The number of hydrogen-bond donors (Lipinski definition) is 7. The highest BCUT2D eigenvalue weighted by molar-refractivity contribution is 5.76. The van der Waals surface area contributed by atoms with Crippen LogP contribution in [0.5, 0.6) is 0 Å². The largest absolute Gasteiger partial charge is 0.490 e. The predicted octanol–water partition coefficient (Wildman–Crippen LogP) is 3.77. The van der Waals surface area contributed by atoms with Crippen LogP contribution in [0.25, 0.3) is 0 Å². The lowest BCUT2D eigenvalue weighted by molar-refractivity contribution is -0.193. The molecule has 0 bridgehead atoms. The highest BCUT2D eigenvalue weighted by Crippen LogP contribution is 2.28. The molecular formula is C23H26F6N6O6. The summed E-state index contributed by atoms with van der Waals surface area (Å²) in [5.41, 5.74) is 3.79. The van der Waals surface area contributed by atoms with E-state index in [0.717, 1.165) is 35.3 Å². The van der Waals surface area contributed by atoms with Gasteiger partial charge in [-0.2, -0.15) is 36.5 Å². The van der Waals surface area contributed by atoms with Crippen molar-refractivity contribution in [3.8, 4) is 0 Å². The average Bonchev–Trinajstić information content (AvgIpc) is 2.89. The van der Waals surface area contributed by atoms with Gasteiger partial charge in [0.05, 0.1) is 6.42 Å². The van der Waals surface area contributed by atoms with E-state index in [1.54, 1.807) is 0 Å². The number of hydrogen-bond acceptors (Lipinski definition) is 7. The first-order valence-corrected chi connectivity index (χ1v) is 11.0. The Hall–Kier alpha value is -5.03. The summed E-state index contributed by atoms with van der Waals surface area (Å²) in [6.07, 6.45) is -5.81. The van der Waals surface area contributed by atoms with Gasteiger partial charge >= 0.3 is 30.3 Å². The number of aryl methyl sites for hydroxylation is 1. The highest BCUT2D eigenvalue weighted by atomic mass is 19.4. The molecule has 0 saturated carbocycles. The SMILES string of the molecule is NN=CNc1ccc(CCC(CC(=O)O)c2cccc(NC=NN)c2)cc1.O=C(O)C(F)(F)F.O=C(O)C(F)(F)F. The van der Waals surface area contributed by atoms with E-state index in [1.165, 1.54) is 12.7 Å². The normalized spacial score (nSPS) is 12.0. The first-order chi connectivity index (χ1) is 19.0. The predicted molar refractivity (Wildman–Crippen MR) is 136 cm³/mol. The number of anilines is 2. The van der Waals surface area contributed by atoms with E-state index >= 15 is 0 Å². The Labute approximate surface area is 228 Å². The molecule has 2 aromatic rings. The maximum atomic E-state index is 11.3. The van der Waals surface area contributed by atoms with Gasteiger partial charge in [-0.25, -0.2) is 9.59 Å². The molecule has 0 aliphatic heterocycles. The molecule has 0 fully saturated rings. The lowest BCUT2D eigenvalue weighted by atomic mass is 9.89. The monoisotopic (exact) mass is 596 g/mol. The Bertz CT molecular complexity index is 1150. The fourth-order valence-electron chi connectivity index (χ4n) is 2.81. The number of alkyl halides is 6. The number of nitrogens with one attached hydrogen (secondary N) is 2. The Morgan fingerprint density at radius 3 is 1.68 bits per heavy atom. The van der Waals surface area contributed by atoms with E-state index in [0.29, 0.717) is 0 Å². The van der Waals surface area contributed by atoms with Gasteiger partial charge in [0.1, 0.15) is 12.7 Å². The first-order valence-electron chi connectivity index (χ1n) is 11.0. The van der Waals surface area contributed by atoms with Crippen molar-refractivity contribution in [3.05, 3.63) is 59.7 Å². The van der Waals surface area contributed by atoms with Gasteiger partial charge in [0.15, 0.2) is 0 Å². The molecule has 0 amide bonds. The van der Waals surface area contributed by atoms with Gasteiger partial charge in [0.25, 0.3) is 0 Å². The Kier molecular flexibility index (Phi) is 15.4. The number of aliphatic carboxylic acids is 3. The molecule has 0 radical (unpaired) electrons. The van der Waals surface area contributed by atoms with Gasteiger partial charge < -0.3 is 37.6 Å². The molecule has 226 valence electrons. The summed E-state index contributed by atoms with van der Waals surface area (Å²) in [5, 5.41) is 36.2. The zero-order valence-electron chi connectivity index (χ0n) is 20.9. The van der Waals surface area contributed by atoms with E-state index in [1.807, 2.05) is 48.5 Å². The second kappa shape index (κ2) is 17.5. The smallest absolute Gasteiger partial charge is 0.481 e. The maximum absolute atomic E-state index is 11.3. The number of halogens is 6. The first kappa shape index (κ1) is 36.0. The van der Waals surface area contributed by atoms with E-state index in [9.17, 15) is 36.2 Å². The number of rotatable bonds is 10. The van der Waals surface area contributed by atoms with Crippen molar-refractivity contribution >= 4 is 42.0 Å². The fourth-order valence-corrected chi connectivity index (χ4v) is 2.81. The van der Waals surface area contributed by atoms with Crippen LogP contribution in [-0.2, 0) is 20.8 Å². The molecule has 9 N–H and O–H groups in total. The molecule has 0 saturated heterocycles. The lowest BCUT2D eigenvalue weighted by Crippen LogP contribution is -2.21. The van der Waals surface area contributed by atoms with Crippen molar-refractivity contribution in [3.63, 3.8) is 0 Å². The quantitative estimate of drug-likeness (QED) is 0.0693. The van der Waals surface area contributed by atoms with Crippen LogP contribution in [0.2, 0.25) is 0 Å². The average molecular weight is 596 g/mol. The highest BCUT2D eigenvalue weighted by Gasteiger charge is 2.38. The third-order valence-corrected chi connectivity index (χ3v) is 4.61. The molecule has 0 aromatic heterocycles. The number of carboxylic acid groups (broad SMARTS) is 3. The third kappa shape index (κ3) is 16.5. The van der Waals surface area contributed by atoms with Crippen molar-refractivity contribution in [2.75, 3.05) is 10.6 Å². The topological polar surface area (TPSA) is 213 Å². The third-order valence-electron chi connectivity index (χ3n) is 4.61. The van der Waals surface area contributed by atoms with E-state index < -0.39 is 30.3 Å². The Balaban J connectivity index is 0.000000941. The van der Waals surface area contributed by atoms with Crippen LogP contribution in [0, 0.1) is 0 Å². The standard InChI is InChI=1S/C19H24N6O2.2C2HF3O2/c20-24-12-22-17-8-5-14(6-9-17)4-7-16(11-19(26)27)15-2-1-3-18(10-15)23-13-25-21;2*3-2(4,5)1(6)7/h1-3,5-6,8-10,12-13,16H,4,7,11,20-21H2,(H,22,24)(H,23,25)(H,26,27);2*(H,6,7). The van der Waals surface area contributed by atoms with E-state index in [4.69, 9.17) is 31.5 Å². The number of nitrogens with zero attached hydrogens (tertiary/aromatic N) is 2. The van der Waals surface area contributed by atoms with Crippen LogP contribution in [0.1, 0.15) is 29.9 Å². The van der Waals surface area contributed by atoms with Crippen molar-refractivity contribution in [2.24, 2.45) is 21.9 Å². The van der Waals surface area contributed by atoms with Gasteiger partial charge in [-0.05, 0) is 54.2 Å².